The molecule has 2 rings (SSSR count). The van der Waals surface area contributed by atoms with Gasteiger partial charge in [0.2, 0.25) is 0 Å². The third-order valence-electron chi connectivity index (χ3n) is 2.30. The zero-order valence-corrected chi connectivity index (χ0v) is 12.0. The van der Waals surface area contributed by atoms with E-state index >= 15 is 0 Å². The molecule has 94 valence electrons. The molecule has 0 aliphatic heterocycles. The second-order valence-corrected chi connectivity index (χ2v) is 5.97. The largest absolute Gasteiger partial charge is 0.465 e. The Labute approximate surface area is 114 Å². The predicted molar refractivity (Wildman–Crippen MR) is 75.8 cm³/mol. The van der Waals surface area contributed by atoms with E-state index in [1.807, 2.05) is 37.4 Å². The van der Waals surface area contributed by atoms with Crippen LogP contribution in [-0.2, 0) is 9.53 Å². The van der Waals surface area contributed by atoms with Gasteiger partial charge in [0.1, 0.15) is 5.01 Å². The molecule has 0 unspecified atom stereocenters. The maximum absolute atomic E-state index is 11.8. The highest BCUT2D eigenvalue weighted by Gasteiger charge is 2.16. The summed E-state index contributed by atoms with van der Waals surface area (Å²) in [5.74, 6) is -0.351. The summed E-state index contributed by atoms with van der Waals surface area (Å²) in [5.41, 5.74) is 1.42. The minimum absolute atomic E-state index is 0.351. The van der Waals surface area contributed by atoms with Crippen LogP contribution in [0, 0.1) is 13.8 Å². The summed E-state index contributed by atoms with van der Waals surface area (Å²) in [6.45, 7) is 3.94. The van der Waals surface area contributed by atoms with Crippen LogP contribution < -0.4 is 0 Å². The van der Waals surface area contributed by atoms with E-state index in [2.05, 4.69) is 4.98 Å². The zero-order valence-electron chi connectivity index (χ0n) is 10.4. The van der Waals surface area contributed by atoms with Gasteiger partial charge < -0.3 is 4.74 Å². The number of ether oxygens (including phenoxy) is 1. The number of thiophene rings is 1. The van der Waals surface area contributed by atoms with Gasteiger partial charge in [-0.1, -0.05) is 0 Å². The van der Waals surface area contributed by atoms with Crippen molar-refractivity contribution in [1.82, 2.24) is 4.98 Å². The molecule has 18 heavy (non-hydrogen) atoms. The lowest BCUT2D eigenvalue weighted by Crippen LogP contribution is -2.03. The van der Waals surface area contributed by atoms with E-state index in [0.29, 0.717) is 10.6 Å². The molecule has 0 N–H and O–H groups in total. The van der Waals surface area contributed by atoms with Crippen LogP contribution in [-0.4, -0.2) is 18.1 Å². The van der Waals surface area contributed by atoms with Gasteiger partial charge in [-0.05, 0) is 32.1 Å². The molecule has 0 saturated carbocycles. The molecule has 0 amide bonds. The summed E-state index contributed by atoms with van der Waals surface area (Å²) >= 11 is 3.09. The number of carbonyl (C=O) groups is 1. The van der Waals surface area contributed by atoms with Crippen LogP contribution in [0.15, 0.2) is 17.5 Å². The maximum Gasteiger partial charge on any atom is 0.340 e. The quantitative estimate of drug-likeness (QED) is 0.637. The third kappa shape index (κ3) is 2.86. The van der Waals surface area contributed by atoms with Gasteiger partial charge in [-0.25, -0.2) is 9.78 Å². The van der Waals surface area contributed by atoms with Crippen molar-refractivity contribution < 1.29 is 9.53 Å². The summed E-state index contributed by atoms with van der Waals surface area (Å²) in [7, 11) is 1.39. The summed E-state index contributed by atoms with van der Waals surface area (Å²) in [6, 6.07) is 4.02. The third-order valence-corrected chi connectivity index (χ3v) is 4.24. The predicted octanol–water partition coefficient (Wildman–Crippen LogP) is 3.54. The average molecular weight is 279 g/mol. The van der Waals surface area contributed by atoms with Gasteiger partial charge in [-0.2, -0.15) is 0 Å². The van der Waals surface area contributed by atoms with E-state index in [-0.39, 0.29) is 5.97 Å². The SMILES string of the molecule is COC(=O)/C(=C\c1ccc(C)s1)c1nc(C)cs1. The van der Waals surface area contributed by atoms with E-state index in [9.17, 15) is 4.79 Å². The van der Waals surface area contributed by atoms with Crippen LogP contribution in [0.3, 0.4) is 0 Å². The molecule has 0 saturated heterocycles. The van der Waals surface area contributed by atoms with Crippen molar-refractivity contribution in [2.45, 2.75) is 13.8 Å². The number of nitrogens with zero attached hydrogens (tertiary/aromatic N) is 1. The first-order valence-electron chi connectivity index (χ1n) is 5.39. The lowest BCUT2D eigenvalue weighted by atomic mass is 10.2. The number of hydrogen-bond acceptors (Lipinski definition) is 5. The average Bonchev–Trinajstić information content (AvgIpc) is 2.94. The number of rotatable bonds is 3. The molecule has 3 nitrogen and oxygen atoms in total. The highest BCUT2D eigenvalue weighted by Crippen LogP contribution is 2.26. The number of methoxy groups -OCH3 is 1. The van der Waals surface area contributed by atoms with Gasteiger partial charge in [0.15, 0.2) is 0 Å². The number of esters is 1. The Morgan fingerprint density at radius 1 is 1.39 bits per heavy atom. The number of thiazole rings is 1. The minimum Gasteiger partial charge on any atom is -0.465 e. The van der Waals surface area contributed by atoms with Gasteiger partial charge >= 0.3 is 5.97 Å². The maximum atomic E-state index is 11.8. The number of carbonyl (C=O) groups excluding carboxylic acids is 1. The molecule has 0 aliphatic rings. The second kappa shape index (κ2) is 5.46. The van der Waals surface area contributed by atoms with Crippen LogP contribution in [0.1, 0.15) is 20.5 Å². The van der Waals surface area contributed by atoms with E-state index < -0.39 is 0 Å². The smallest absolute Gasteiger partial charge is 0.340 e. The summed E-state index contributed by atoms with van der Waals surface area (Å²) < 4.78 is 4.82. The molecule has 2 aromatic rings. The van der Waals surface area contributed by atoms with Crippen molar-refractivity contribution in [3.8, 4) is 0 Å². The van der Waals surface area contributed by atoms with Crippen LogP contribution in [0.25, 0.3) is 11.6 Å². The fourth-order valence-corrected chi connectivity index (χ4v) is 3.09. The number of hydrogen-bond donors (Lipinski definition) is 0. The van der Waals surface area contributed by atoms with E-state index in [1.54, 1.807) is 11.3 Å². The standard InChI is InChI=1S/C13H13NO2S2/c1-8-7-17-12(14-8)11(13(15)16-3)6-10-5-4-9(2)18-10/h4-7H,1-3H3/b11-6-. The van der Waals surface area contributed by atoms with Crippen LogP contribution in [0.4, 0.5) is 0 Å². The van der Waals surface area contributed by atoms with Crippen molar-refractivity contribution in [3.63, 3.8) is 0 Å². The fourth-order valence-electron chi connectivity index (χ4n) is 1.47. The van der Waals surface area contributed by atoms with Crippen molar-refractivity contribution in [1.29, 1.82) is 0 Å². The Morgan fingerprint density at radius 2 is 2.17 bits per heavy atom. The Balaban J connectivity index is 2.43. The van der Waals surface area contributed by atoms with Crippen molar-refractivity contribution >= 4 is 40.3 Å². The molecule has 2 heterocycles. The van der Waals surface area contributed by atoms with E-state index in [0.717, 1.165) is 10.6 Å². The lowest BCUT2D eigenvalue weighted by molar-refractivity contribution is -0.133. The Kier molecular flexibility index (Phi) is 3.93. The molecular weight excluding hydrogens is 266 g/mol. The Morgan fingerprint density at radius 3 is 2.67 bits per heavy atom. The van der Waals surface area contributed by atoms with Gasteiger partial charge in [-0.3, -0.25) is 0 Å². The topological polar surface area (TPSA) is 39.2 Å². The van der Waals surface area contributed by atoms with Crippen LogP contribution in [0.5, 0.6) is 0 Å². The van der Waals surface area contributed by atoms with Crippen LogP contribution >= 0.6 is 22.7 Å². The fraction of sp³-hybridized carbons (Fsp3) is 0.231. The summed E-state index contributed by atoms with van der Waals surface area (Å²) in [6.07, 6.45) is 1.84. The molecular formula is C13H13NO2S2. The highest BCUT2D eigenvalue weighted by molar-refractivity contribution is 7.13. The minimum atomic E-state index is -0.351. The number of aromatic nitrogens is 1. The molecule has 0 aliphatic carbocycles. The summed E-state index contributed by atoms with van der Waals surface area (Å²) in [5, 5.41) is 2.62. The lowest BCUT2D eigenvalue weighted by Gasteiger charge is -2.01. The Hall–Kier alpha value is -1.46. The monoisotopic (exact) mass is 279 g/mol. The first kappa shape index (κ1) is 13.0. The normalized spacial score (nSPS) is 11.6. The Bertz CT molecular complexity index is 596. The molecule has 2 aromatic heterocycles. The summed E-state index contributed by atoms with van der Waals surface area (Å²) in [4.78, 5) is 18.4. The van der Waals surface area contributed by atoms with Gasteiger partial charge in [0.05, 0.1) is 12.7 Å². The first-order valence-corrected chi connectivity index (χ1v) is 7.08. The zero-order chi connectivity index (χ0) is 13.1. The van der Waals surface area contributed by atoms with Gasteiger partial charge in [-0.15, -0.1) is 22.7 Å². The van der Waals surface area contributed by atoms with Gasteiger partial charge in [0, 0.05) is 20.8 Å². The van der Waals surface area contributed by atoms with E-state index in [4.69, 9.17) is 4.74 Å². The molecule has 0 atom stereocenters. The second-order valence-electron chi connectivity index (χ2n) is 3.79. The molecule has 0 radical (unpaired) electrons. The molecule has 5 heteroatoms. The molecule has 0 bridgehead atoms. The first-order chi connectivity index (χ1) is 8.60. The van der Waals surface area contributed by atoms with Crippen molar-refractivity contribution in [2.24, 2.45) is 0 Å². The molecule has 0 fully saturated rings. The van der Waals surface area contributed by atoms with Crippen LogP contribution in [0.2, 0.25) is 0 Å². The van der Waals surface area contributed by atoms with Gasteiger partial charge in [0.25, 0.3) is 0 Å². The van der Waals surface area contributed by atoms with Crippen molar-refractivity contribution in [3.05, 3.63) is 38.0 Å². The molecule has 0 spiro atoms. The van der Waals surface area contributed by atoms with Crippen molar-refractivity contribution in [2.75, 3.05) is 7.11 Å². The van der Waals surface area contributed by atoms with E-state index in [1.165, 1.54) is 23.3 Å². The number of aryl methyl sites for hydroxylation is 2. The molecule has 0 aromatic carbocycles. The highest BCUT2D eigenvalue weighted by atomic mass is 32.1.